The van der Waals surface area contributed by atoms with Gasteiger partial charge in [-0.1, -0.05) is 249 Å². The van der Waals surface area contributed by atoms with Crippen LogP contribution in [0.5, 0.6) is 23.0 Å². The summed E-state index contributed by atoms with van der Waals surface area (Å²) in [6.07, 6.45) is 0. The normalized spacial score (nSPS) is 12.5. The second kappa shape index (κ2) is 18.6. The predicted octanol–water partition coefficient (Wildman–Crippen LogP) is 20.9. The van der Waals surface area contributed by atoms with Gasteiger partial charge in [0.05, 0.1) is 34.1 Å². The van der Waals surface area contributed by atoms with E-state index in [4.69, 9.17) is 9.47 Å². The van der Waals surface area contributed by atoms with Gasteiger partial charge in [-0.25, -0.2) is 0 Å². The van der Waals surface area contributed by atoms with Crippen molar-refractivity contribution in [3.05, 3.63) is 297 Å². The predicted molar refractivity (Wildman–Crippen MR) is 369 cm³/mol. The lowest BCUT2D eigenvalue weighted by Crippen LogP contribution is -2.58. The van der Waals surface area contributed by atoms with Gasteiger partial charge in [0.2, 0.25) is 0 Å². The van der Waals surface area contributed by atoms with Crippen molar-refractivity contribution in [1.29, 1.82) is 0 Å². The Morgan fingerprint density at radius 2 is 0.414 bits per heavy atom. The van der Waals surface area contributed by atoms with Crippen LogP contribution in [0.25, 0.3) is 108 Å². The third-order valence-corrected chi connectivity index (χ3v) is 18.8. The maximum absolute atomic E-state index is 7.45. The molecule has 0 amide bonds. The molecule has 2 aliphatic heterocycles. The van der Waals surface area contributed by atoms with Crippen LogP contribution >= 0.6 is 0 Å². The van der Waals surface area contributed by atoms with Crippen LogP contribution in [0, 0.1) is 0 Å². The van der Waals surface area contributed by atoms with Gasteiger partial charge >= 0.3 is 0 Å². The van der Waals surface area contributed by atoms with Crippen LogP contribution < -0.4 is 35.7 Å². The molecule has 0 bridgehead atoms. The van der Waals surface area contributed by atoms with Crippen molar-refractivity contribution >= 4 is 165 Å². The van der Waals surface area contributed by atoms with E-state index in [1.165, 1.54) is 64.6 Å². The Morgan fingerprint density at radius 3 is 0.713 bits per heavy atom. The highest BCUT2D eigenvalue weighted by Gasteiger charge is 2.44. The maximum Gasteiger partial charge on any atom is 0.262 e. The molecule has 2 heterocycles. The molecular formula is C82H49BN2O2. The number of rotatable bonds is 6. The molecule has 4 nitrogen and oxygen atoms in total. The van der Waals surface area contributed by atoms with Gasteiger partial charge < -0.3 is 19.3 Å². The highest BCUT2D eigenvalue weighted by atomic mass is 16.5. The Balaban J connectivity index is 0.900. The summed E-state index contributed by atoms with van der Waals surface area (Å²) in [7, 11) is 0. The minimum Gasteiger partial charge on any atom is -0.458 e. The van der Waals surface area contributed by atoms with Gasteiger partial charge in [-0.2, -0.15) is 0 Å². The summed E-state index contributed by atoms with van der Waals surface area (Å²) in [6.45, 7) is -0.269. The monoisotopic (exact) mass is 1100 g/mol. The van der Waals surface area contributed by atoms with E-state index >= 15 is 0 Å². The Hall–Kier alpha value is -11.4. The molecule has 0 saturated heterocycles. The quantitative estimate of drug-likeness (QED) is 0.122. The van der Waals surface area contributed by atoms with E-state index in [1.54, 1.807) is 0 Å². The van der Waals surface area contributed by atoms with Gasteiger partial charge in [0.1, 0.15) is 23.0 Å². The first-order valence-corrected chi connectivity index (χ1v) is 30.0. The number of hydrogen-bond acceptors (Lipinski definition) is 4. The average molecular weight is 1110 g/mol. The summed E-state index contributed by atoms with van der Waals surface area (Å²) >= 11 is 0. The molecule has 17 aromatic carbocycles. The number of hydrogen-bond donors (Lipinski definition) is 0. The molecule has 5 heteroatoms. The van der Waals surface area contributed by atoms with Crippen molar-refractivity contribution in [2.45, 2.75) is 0 Å². The minimum absolute atomic E-state index is 0.269. The van der Waals surface area contributed by atoms with Crippen molar-refractivity contribution in [2.75, 3.05) is 9.80 Å². The number of nitrogens with zero attached hydrogens (tertiary/aromatic N) is 2. The molecule has 402 valence electrons. The van der Waals surface area contributed by atoms with Crippen LogP contribution in [-0.4, -0.2) is 6.71 Å². The van der Waals surface area contributed by atoms with E-state index in [-0.39, 0.29) is 6.71 Å². The van der Waals surface area contributed by atoms with Crippen LogP contribution in [0.2, 0.25) is 0 Å². The molecule has 0 saturated carbocycles. The third kappa shape index (κ3) is 7.03. The van der Waals surface area contributed by atoms with Crippen molar-refractivity contribution in [3.63, 3.8) is 0 Å². The zero-order valence-electron chi connectivity index (χ0n) is 47.1. The molecule has 0 atom stereocenters. The lowest BCUT2D eigenvalue weighted by atomic mass is 9.33. The Bertz CT molecular complexity index is 5240. The fraction of sp³-hybridized carbons (Fsp3) is 0. The largest absolute Gasteiger partial charge is 0.458 e. The van der Waals surface area contributed by atoms with Gasteiger partial charge in [-0.15, -0.1) is 0 Å². The number of ether oxygens (including phenoxy) is 2. The third-order valence-electron chi connectivity index (χ3n) is 18.8. The molecular weight excluding hydrogens is 1060 g/mol. The van der Waals surface area contributed by atoms with Crippen molar-refractivity contribution in [2.24, 2.45) is 0 Å². The summed E-state index contributed by atoms with van der Waals surface area (Å²) in [6, 6.07) is 109. The molecule has 0 aliphatic carbocycles. The molecule has 19 rings (SSSR count). The summed E-state index contributed by atoms with van der Waals surface area (Å²) < 4.78 is 14.9. The molecule has 0 N–H and O–H groups in total. The summed E-state index contributed by atoms with van der Waals surface area (Å²) in [5.41, 5.74) is 9.66. The van der Waals surface area contributed by atoms with E-state index < -0.39 is 0 Å². The van der Waals surface area contributed by atoms with Gasteiger partial charge in [0, 0.05) is 49.9 Å². The fourth-order valence-corrected chi connectivity index (χ4v) is 15.2. The minimum atomic E-state index is -0.269. The first kappa shape index (κ1) is 48.0. The maximum atomic E-state index is 7.45. The summed E-state index contributed by atoms with van der Waals surface area (Å²) in [4.78, 5) is 5.06. The Kier molecular flexibility index (Phi) is 10.2. The lowest BCUT2D eigenvalue weighted by molar-refractivity contribution is 0.465. The van der Waals surface area contributed by atoms with Crippen LogP contribution in [0.3, 0.4) is 0 Å². The molecule has 17 aromatic rings. The molecule has 0 unspecified atom stereocenters. The Morgan fingerprint density at radius 1 is 0.184 bits per heavy atom. The van der Waals surface area contributed by atoms with E-state index in [1.807, 2.05) is 0 Å². The van der Waals surface area contributed by atoms with E-state index in [9.17, 15) is 0 Å². The van der Waals surface area contributed by atoms with Crippen LogP contribution in [0.4, 0.5) is 34.1 Å². The molecule has 0 radical (unpaired) electrons. The molecule has 0 fully saturated rings. The van der Waals surface area contributed by atoms with Gasteiger partial charge in [-0.05, 0) is 123 Å². The standard InChI is InChI=1S/C82H49BN2O2/c1-5-26-54-50(22-1)44-70(62-34-13-9-30-58(54)62)84(71-45-51-23-2-6-27-55(51)59-31-10-14-35-63(59)71)74-48-78-80(68-40-19-17-38-66(68)74)83-81-69-41-20-18-39-67(69)75(49-79(81)87-77-43-21-42-76(86-78)82(77)83)85(72-46-52-24-3-7-28-56(52)60-32-11-15-36-64(60)72)73-47-53-25-4-8-29-57(53)61-33-12-16-37-65(61)73/h1-49H. The topological polar surface area (TPSA) is 24.9 Å². The smallest absolute Gasteiger partial charge is 0.262 e. The van der Waals surface area contributed by atoms with Crippen LogP contribution in [0.1, 0.15) is 0 Å². The molecule has 0 aromatic heterocycles. The van der Waals surface area contributed by atoms with E-state index in [2.05, 4.69) is 307 Å². The molecule has 2 aliphatic rings. The summed E-state index contributed by atoms with van der Waals surface area (Å²) in [5.74, 6) is 3.20. The SMILES string of the molecule is c1cc2c3c(c1)Oc1cc(N(c4cc5ccccc5c5ccccc45)c4cc5ccccc5c5ccccc45)c4ccccc4c1B3c1c(cc(N(c3cc4ccccc4c4ccccc34)c3cc4ccccc4c4ccccc34)c3ccccc13)O2. The van der Waals surface area contributed by atoms with Gasteiger partial charge in [0.15, 0.2) is 0 Å². The van der Waals surface area contributed by atoms with Crippen molar-refractivity contribution < 1.29 is 9.47 Å². The first-order chi connectivity index (χ1) is 43.2. The number of benzene rings is 17. The molecule has 0 spiro atoms. The van der Waals surface area contributed by atoms with Crippen molar-refractivity contribution in [3.8, 4) is 23.0 Å². The fourth-order valence-electron chi connectivity index (χ4n) is 15.2. The van der Waals surface area contributed by atoms with Crippen LogP contribution in [0.15, 0.2) is 297 Å². The second-order valence-electron chi connectivity index (χ2n) is 23.3. The molecule has 87 heavy (non-hydrogen) atoms. The zero-order chi connectivity index (χ0) is 56.8. The van der Waals surface area contributed by atoms with E-state index in [0.29, 0.717) is 0 Å². The van der Waals surface area contributed by atoms with Gasteiger partial charge in [-0.3, -0.25) is 0 Å². The number of anilines is 6. The van der Waals surface area contributed by atoms with Crippen molar-refractivity contribution in [1.82, 2.24) is 0 Å². The average Bonchev–Trinajstić information content (AvgIpc) is 2.89. The first-order valence-electron chi connectivity index (χ1n) is 30.0. The number of fused-ring (bicyclic) bond motifs is 20. The highest BCUT2D eigenvalue weighted by Crippen LogP contribution is 2.53. The lowest BCUT2D eigenvalue weighted by Gasteiger charge is -2.37. The summed E-state index contributed by atoms with van der Waals surface area (Å²) in [5, 5.41) is 23.5. The highest BCUT2D eigenvalue weighted by molar-refractivity contribution is 7.01. The van der Waals surface area contributed by atoms with Gasteiger partial charge in [0.25, 0.3) is 6.71 Å². The van der Waals surface area contributed by atoms with E-state index in [0.717, 1.165) is 117 Å². The van der Waals surface area contributed by atoms with Crippen LogP contribution in [-0.2, 0) is 0 Å². The zero-order valence-corrected chi connectivity index (χ0v) is 47.1. The second-order valence-corrected chi connectivity index (χ2v) is 23.3. The Labute approximate surface area is 501 Å².